The second-order valence-corrected chi connectivity index (χ2v) is 4.42. The van der Waals surface area contributed by atoms with Gasteiger partial charge in [-0.1, -0.05) is 6.92 Å². The molecule has 1 saturated heterocycles. The fraction of sp³-hybridized carbons (Fsp3) is 0.538. The van der Waals surface area contributed by atoms with Crippen LogP contribution in [0.5, 0.6) is 0 Å². The van der Waals surface area contributed by atoms with Crippen LogP contribution in [-0.2, 0) is 22.7 Å². The lowest BCUT2D eigenvalue weighted by atomic mass is 10.4. The van der Waals surface area contributed by atoms with Gasteiger partial charge in [0.1, 0.15) is 11.5 Å². The van der Waals surface area contributed by atoms with Crippen molar-refractivity contribution in [3.8, 4) is 0 Å². The molecule has 5 nitrogen and oxygen atoms in total. The Hall–Kier alpha value is -1.62. The zero-order valence-corrected chi connectivity index (χ0v) is 10.6. The van der Waals surface area contributed by atoms with Gasteiger partial charge in [0.15, 0.2) is 0 Å². The van der Waals surface area contributed by atoms with Gasteiger partial charge in [-0.25, -0.2) is 0 Å². The molecule has 1 aromatic rings. The summed E-state index contributed by atoms with van der Waals surface area (Å²) < 4.78 is 5.58. The molecule has 0 unspecified atom stereocenters. The minimum atomic E-state index is -0.109. The summed E-state index contributed by atoms with van der Waals surface area (Å²) >= 11 is 0. The highest BCUT2D eigenvalue weighted by Gasteiger charge is 2.29. The lowest BCUT2D eigenvalue weighted by Gasteiger charge is -2.11. The fourth-order valence-corrected chi connectivity index (χ4v) is 1.95. The van der Waals surface area contributed by atoms with Crippen molar-refractivity contribution in [3.05, 3.63) is 23.7 Å². The Morgan fingerprint density at radius 2 is 1.89 bits per heavy atom. The summed E-state index contributed by atoms with van der Waals surface area (Å²) in [6.45, 7) is 3.98. The molecule has 0 aliphatic carbocycles. The van der Waals surface area contributed by atoms with Gasteiger partial charge < -0.3 is 9.73 Å². The van der Waals surface area contributed by atoms with E-state index < -0.39 is 0 Å². The first-order valence-electron chi connectivity index (χ1n) is 6.32. The van der Waals surface area contributed by atoms with E-state index >= 15 is 0 Å². The quantitative estimate of drug-likeness (QED) is 0.613. The molecule has 2 rings (SSSR count). The Balaban J connectivity index is 1.90. The van der Waals surface area contributed by atoms with E-state index in [0.717, 1.165) is 18.7 Å². The molecule has 1 fully saturated rings. The summed E-state index contributed by atoms with van der Waals surface area (Å²) in [5, 5.41) is 3.23. The highest BCUT2D eigenvalue weighted by atomic mass is 16.3. The van der Waals surface area contributed by atoms with Gasteiger partial charge in [-0.2, -0.15) is 0 Å². The zero-order valence-electron chi connectivity index (χ0n) is 10.6. The predicted octanol–water partition coefficient (Wildman–Crippen LogP) is 1.43. The highest BCUT2D eigenvalue weighted by Crippen LogP contribution is 2.17. The largest absolute Gasteiger partial charge is 0.463 e. The molecule has 1 aromatic heterocycles. The van der Waals surface area contributed by atoms with E-state index in [9.17, 15) is 9.59 Å². The zero-order chi connectivity index (χ0) is 13.0. The summed E-state index contributed by atoms with van der Waals surface area (Å²) in [4.78, 5) is 24.2. The van der Waals surface area contributed by atoms with Crippen LogP contribution >= 0.6 is 0 Å². The van der Waals surface area contributed by atoms with Crippen LogP contribution in [-0.4, -0.2) is 23.3 Å². The highest BCUT2D eigenvalue weighted by molar-refractivity contribution is 6.01. The number of carbonyl (C=O) groups excluding carboxylic acids is 2. The van der Waals surface area contributed by atoms with Crippen LogP contribution in [0.4, 0.5) is 0 Å². The van der Waals surface area contributed by atoms with E-state index in [4.69, 9.17) is 4.42 Å². The molecular formula is C13H18N2O3. The maximum absolute atomic E-state index is 11.5. The van der Waals surface area contributed by atoms with Crippen LogP contribution in [0.15, 0.2) is 16.5 Å². The topological polar surface area (TPSA) is 62.6 Å². The van der Waals surface area contributed by atoms with Gasteiger partial charge in [0.05, 0.1) is 13.1 Å². The van der Waals surface area contributed by atoms with Crippen molar-refractivity contribution in [2.75, 3.05) is 6.54 Å². The van der Waals surface area contributed by atoms with Crippen molar-refractivity contribution in [1.29, 1.82) is 0 Å². The molecule has 1 aliphatic heterocycles. The minimum Gasteiger partial charge on any atom is -0.463 e. The molecule has 0 bridgehead atoms. The Bertz CT molecular complexity index is 423. The number of amides is 2. The molecule has 1 N–H and O–H groups in total. The van der Waals surface area contributed by atoms with Crippen LogP contribution in [0.25, 0.3) is 0 Å². The number of carbonyl (C=O) groups is 2. The average Bonchev–Trinajstić information content (AvgIpc) is 2.92. The van der Waals surface area contributed by atoms with Crippen molar-refractivity contribution < 1.29 is 14.0 Å². The summed E-state index contributed by atoms with van der Waals surface area (Å²) in [7, 11) is 0. The van der Waals surface area contributed by atoms with Crippen LogP contribution in [0.2, 0.25) is 0 Å². The van der Waals surface area contributed by atoms with Crippen molar-refractivity contribution in [3.63, 3.8) is 0 Å². The molecule has 0 saturated carbocycles. The van der Waals surface area contributed by atoms with Crippen molar-refractivity contribution in [2.45, 2.75) is 39.3 Å². The van der Waals surface area contributed by atoms with Crippen molar-refractivity contribution >= 4 is 11.8 Å². The van der Waals surface area contributed by atoms with Crippen molar-refractivity contribution in [1.82, 2.24) is 10.2 Å². The van der Waals surface area contributed by atoms with Crippen LogP contribution in [0, 0.1) is 0 Å². The summed E-state index contributed by atoms with van der Waals surface area (Å²) in [6, 6.07) is 3.70. The lowest BCUT2D eigenvalue weighted by Crippen LogP contribution is -2.28. The van der Waals surface area contributed by atoms with Gasteiger partial charge in [0.2, 0.25) is 11.8 Å². The minimum absolute atomic E-state index is 0.109. The molecule has 0 atom stereocenters. The van der Waals surface area contributed by atoms with Gasteiger partial charge in [-0.05, 0) is 25.1 Å². The van der Waals surface area contributed by atoms with Gasteiger partial charge in [-0.3, -0.25) is 14.5 Å². The van der Waals surface area contributed by atoms with E-state index in [0.29, 0.717) is 25.1 Å². The summed E-state index contributed by atoms with van der Waals surface area (Å²) in [5.41, 5.74) is 0. The van der Waals surface area contributed by atoms with Crippen molar-refractivity contribution in [2.24, 2.45) is 0 Å². The Kier molecular flexibility index (Phi) is 4.15. The number of imide groups is 1. The number of furan rings is 1. The predicted molar refractivity (Wildman–Crippen MR) is 65.5 cm³/mol. The Morgan fingerprint density at radius 3 is 2.56 bits per heavy atom. The second-order valence-electron chi connectivity index (χ2n) is 4.42. The molecule has 0 spiro atoms. The van der Waals surface area contributed by atoms with Gasteiger partial charge in [0, 0.05) is 12.8 Å². The third-order valence-corrected chi connectivity index (χ3v) is 2.91. The monoisotopic (exact) mass is 250 g/mol. The van der Waals surface area contributed by atoms with Crippen LogP contribution in [0.3, 0.4) is 0 Å². The maximum atomic E-state index is 11.5. The molecule has 2 heterocycles. The van der Waals surface area contributed by atoms with E-state index in [-0.39, 0.29) is 18.4 Å². The fourth-order valence-electron chi connectivity index (χ4n) is 1.95. The molecular weight excluding hydrogens is 232 g/mol. The smallest absolute Gasteiger partial charge is 0.230 e. The first kappa shape index (κ1) is 12.8. The number of nitrogens with one attached hydrogen (secondary N) is 1. The molecule has 1 aliphatic rings. The Labute approximate surface area is 106 Å². The second kappa shape index (κ2) is 5.82. The van der Waals surface area contributed by atoms with Gasteiger partial charge in [0.25, 0.3) is 0 Å². The first-order valence-corrected chi connectivity index (χ1v) is 6.32. The Morgan fingerprint density at radius 1 is 1.22 bits per heavy atom. The van der Waals surface area contributed by atoms with E-state index in [1.54, 1.807) is 0 Å². The molecule has 0 aromatic carbocycles. The third kappa shape index (κ3) is 2.98. The number of hydrogen-bond donors (Lipinski definition) is 1. The average molecular weight is 250 g/mol. The summed E-state index contributed by atoms with van der Waals surface area (Å²) in [6.07, 6.45) is 1.72. The van der Waals surface area contributed by atoms with E-state index in [1.807, 2.05) is 12.1 Å². The van der Waals surface area contributed by atoms with Crippen LogP contribution < -0.4 is 5.32 Å². The van der Waals surface area contributed by atoms with Gasteiger partial charge in [-0.15, -0.1) is 0 Å². The van der Waals surface area contributed by atoms with E-state index in [1.165, 1.54) is 4.90 Å². The molecule has 0 radical (unpaired) electrons. The standard InChI is InChI=1S/C13H18N2O3/c1-2-7-14-8-10-3-4-11(18-10)9-15-12(16)5-6-13(15)17/h3-4,14H,2,5-9H2,1H3. The SMILES string of the molecule is CCCNCc1ccc(CN2C(=O)CCC2=O)o1. The van der Waals surface area contributed by atoms with Gasteiger partial charge >= 0.3 is 0 Å². The number of nitrogens with zero attached hydrogens (tertiary/aromatic N) is 1. The first-order chi connectivity index (χ1) is 8.70. The molecule has 98 valence electrons. The van der Waals surface area contributed by atoms with Crippen LogP contribution in [0.1, 0.15) is 37.7 Å². The molecule has 18 heavy (non-hydrogen) atoms. The third-order valence-electron chi connectivity index (χ3n) is 2.91. The summed E-state index contributed by atoms with van der Waals surface area (Å²) in [5.74, 6) is 1.27. The maximum Gasteiger partial charge on any atom is 0.230 e. The number of likely N-dealkylation sites (tertiary alicyclic amines) is 1. The molecule has 5 heteroatoms. The molecule has 2 amide bonds. The number of rotatable bonds is 6. The van der Waals surface area contributed by atoms with E-state index in [2.05, 4.69) is 12.2 Å². The normalized spacial score (nSPS) is 15.7. The lowest BCUT2D eigenvalue weighted by molar-refractivity contribution is -0.139. The number of hydrogen-bond acceptors (Lipinski definition) is 4.